The van der Waals surface area contributed by atoms with Crippen LogP contribution in [0.2, 0.25) is 0 Å². The minimum Gasteiger partial charge on any atom is -0.266 e. The monoisotopic (exact) mass is 239 g/mol. The lowest BCUT2D eigenvalue weighted by Crippen LogP contribution is -2.11. The molecule has 16 heavy (non-hydrogen) atoms. The number of hydrogen-bond acceptors (Lipinski definition) is 3. The second-order valence-electron chi connectivity index (χ2n) is 4.44. The molecule has 0 radical (unpaired) electrons. The molecule has 0 N–H and O–H groups in total. The van der Waals surface area contributed by atoms with E-state index in [1.54, 1.807) is 24.3 Å². The Kier molecular flexibility index (Phi) is 3.59. The van der Waals surface area contributed by atoms with Crippen molar-refractivity contribution in [3.63, 3.8) is 0 Å². The van der Waals surface area contributed by atoms with Crippen LogP contribution in [-0.2, 0) is 15.9 Å². The average Bonchev–Trinajstić information content (AvgIpc) is 2.15. The number of nitrogens with zero attached hydrogens (tertiary/aromatic N) is 1. The molecule has 0 saturated heterocycles. The standard InChI is InChI=1S/C11H13NO3S/c1-11(2,3)9-6-4-8(5-7-9)10(13)12-16(14)15/h4-7H,1-3H3. The second kappa shape index (κ2) is 4.57. The zero-order chi connectivity index (χ0) is 12.3. The van der Waals surface area contributed by atoms with Gasteiger partial charge in [0.1, 0.15) is 0 Å². The van der Waals surface area contributed by atoms with Crippen LogP contribution in [0.5, 0.6) is 0 Å². The van der Waals surface area contributed by atoms with Gasteiger partial charge in [-0.1, -0.05) is 37.3 Å². The van der Waals surface area contributed by atoms with Crippen LogP contribution in [0.3, 0.4) is 0 Å². The van der Waals surface area contributed by atoms with Crippen LogP contribution >= 0.6 is 0 Å². The van der Waals surface area contributed by atoms with Crippen molar-refractivity contribution >= 4 is 16.4 Å². The fraction of sp³-hybridized carbons (Fsp3) is 0.364. The smallest absolute Gasteiger partial charge is 0.266 e. The molecule has 0 aromatic heterocycles. The Balaban J connectivity index is 3.05. The lowest BCUT2D eigenvalue weighted by atomic mass is 9.87. The van der Waals surface area contributed by atoms with Gasteiger partial charge in [-0.05, 0) is 23.1 Å². The summed E-state index contributed by atoms with van der Waals surface area (Å²) in [5.41, 5.74) is 1.35. The first-order chi connectivity index (χ1) is 7.30. The quantitative estimate of drug-likeness (QED) is 0.754. The molecule has 0 heterocycles. The second-order valence-corrected chi connectivity index (χ2v) is 5.06. The first kappa shape index (κ1) is 12.6. The van der Waals surface area contributed by atoms with Crippen molar-refractivity contribution in [2.45, 2.75) is 26.2 Å². The number of rotatable bonds is 1. The highest BCUT2D eigenvalue weighted by molar-refractivity contribution is 7.62. The van der Waals surface area contributed by atoms with Crippen molar-refractivity contribution in [1.82, 2.24) is 0 Å². The van der Waals surface area contributed by atoms with Crippen molar-refractivity contribution in [2.24, 2.45) is 4.36 Å². The third-order valence-corrected chi connectivity index (χ3v) is 2.47. The van der Waals surface area contributed by atoms with E-state index in [1.165, 1.54) is 0 Å². The van der Waals surface area contributed by atoms with E-state index in [0.29, 0.717) is 0 Å². The van der Waals surface area contributed by atoms with Crippen LogP contribution in [0.15, 0.2) is 28.6 Å². The fourth-order valence-electron chi connectivity index (χ4n) is 1.23. The summed E-state index contributed by atoms with van der Waals surface area (Å²) in [6.45, 7) is 6.17. The maximum absolute atomic E-state index is 11.3. The van der Waals surface area contributed by atoms with Gasteiger partial charge >= 0.3 is 10.5 Å². The lowest BCUT2D eigenvalue weighted by molar-refractivity contribution is 0.100. The Morgan fingerprint density at radius 2 is 1.62 bits per heavy atom. The maximum Gasteiger partial charge on any atom is 0.319 e. The van der Waals surface area contributed by atoms with Gasteiger partial charge in [-0.25, -0.2) is 0 Å². The molecular formula is C11H13NO3S. The molecular weight excluding hydrogens is 226 g/mol. The molecule has 1 amide bonds. The summed E-state index contributed by atoms with van der Waals surface area (Å²) in [6, 6.07) is 6.77. The van der Waals surface area contributed by atoms with Gasteiger partial charge in [-0.3, -0.25) is 4.79 Å². The van der Waals surface area contributed by atoms with Gasteiger partial charge in [0.25, 0.3) is 5.91 Å². The van der Waals surface area contributed by atoms with Gasteiger partial charge in [-0.15, -0.1) is 0 Å². The van der Waals surface area contributed by atoms with Crippen LogP contribution in [0.1, 0.15) is 36.7 Å². The summed E-state index contributed by atoms with van der Waals surface area (Å²) in [5.74, 6) is -0.742. The molecule has 1 rings (SSSR count). The Hall–Kier alpha value is -1.49. The molecule has 1 aromatic carbocycles. The summed E-state index contributed by atoms with van der Waals surface area (Å²) < 4.78 is 23.4. The average molecular weight is 239 g/mol. The molecule has 0 spiro atoms. The van der Waals surface area contributed by atoms with Crippen molar-refractivity contribution in [3.8, 4) is 0 Å². The Morgan fingerprint density at radius 3 is 2.00 bits per heavy atom. The van der Waals surface area contributed by atoms with Gasteiger partial charge in [-0.2, -0.15) is 8.42 Å². The SMILES string of the molecule is CC(C)(C)c1ccc(C(=O)N=S(=O)=O)cc1. The highest BCUT2D eigenvalue weighted by Gasteiger charge is 2.14. The van der Waals surface area contributed by atoms with Crippen LogP contribution < -0.4 is 0 Å². The number of carbonyl (C=O) groups excluding carboxylic acids is 1. The van der Waals surface area contributed by atoms with Crippen molar-refractivity contribution in [1.29, 1.82) is 0 Å². The number of amides is 1. The largest absolute Gasteiger partial charge is 0.319 e. The van der Waals surface area contributed by atoms with Crippen molar-refractivity contribution in [3.05, 3.63) is 35.4 Å². The molecule has 0 unspecified atom stereocenters. The van der Waals surface area contributed by atoms with E-state index in [1.807, 2.05) is 0 Å². The molecule has 0 saturated carbocycles. The molecule has 0 bridgehead atoms. The van der Waals surface area contributed by atoms with Crippen LogP contribution in [0.25, 0.3) is 0 Å². The number of hydrogen-bond donors (Lipinski definition) is 0. The molecule has 86 valence electrons. The zero-order valence-corrected chi connectivity index (χ0v) is 10.2. The molecule has 0 aliphatic rings. The summed E-state index contributed by atoms with van der Waals surface area (Å²) in [6.07, 6.45) is 0. The first-order valence-corrected chi connectivity index (χ1v) is 5.80. The number of benzene rings is 1. The van der Waals surface area contributed by atoms with E-state index in [-0.39, 0.29) is 11.0 Å². The third kappa shape index (κ3) is 3.27. The zero-order valence-electron chi connectivity index (χ0n) is 9.39. The molecule has 5 heteroatoms. The van der Waals surface area contributed by atoms with Gasteiger partial charge in [0.2, 0.25) is 0 Å². The first-order valence-electron chi connectivity index (χ1n) is 4.77. The van der Waals surface area contributed by atoms with Crippen molar-refractivity contribution < 1.29 is 13.2 Å². The van der Waals surface area contributed by atoms with Crippen LogP contribution in [0.4, 0.5) is 0 Å². The molecule has 0 atom stereocenters. The van der Waals surface area contributed by atoms with E-state index < -0.39 is 16.4 Å². The van der Waals surface area contributed by atoms with Gasteiger partial charge in [0, 0.05) is 5.56 Å². The van der Waals surface area contributed by atoms with E-state index in [9.17, 15) is 13.2 Å². The molecule has 0 aliphatic heterocycles. The minimum absolute atomic E-state index is 0.0000734. The van der Waals surface area contributed by atoms with E-state index in [0.717, 1.165) is 5.56 Å². The van der Waals surface area contributed by atoms with Crippen molar-refractivity contribution in [2.75, 3.05) is 0 Å². The topological polar surface area (TPSA) is 63.6 Å². The Labute approximate surface area is 96.0 Å². The highest BCUT2D eigenvalue weighted by Crippen LogP contribution is 2.22. The summed E-state index contributed by atoms with van der Waals surface area (Å²) in [5, 5.41) is 0. The van der Waals surface area contributed by atoms with Gasteiger partial charge in [0.15, 0.2) is 0 Å². The molecule has 4 nitrogen and oxygen atoms in total. The molecule has 1 aromatic rings. The minimum atomic E-state index is -2.69. The van der Waals surface area contributed by atoms with E-state index >= 15 is 0 Å². The normalized spacial score (nSPS) is 10.9. The Morgan fingerprint density at radius 1 is 1.12 bits per heavy atom. The summed E-state index contributed by atoms with van der Waals surface area (Å²) in [4.78, 5) is 11.3. The maximum atomic E-state index is 11.3. The highest BCUT2D eigenvalue weighted by atomic mass is 32.2. The van der Waals surface area contributed by atoms with Gasteiger partial charge < -0.3 is 0 Å². The predicted molar refractivity (Wildman–Crippen MR) is 60.8 cm³/mol. The molecule has 0 aliphatic carbocycles. The summed E-state index contributed by atoms with van der Waals surface area (Å²) in [7, 11) is -2.69. The lowest BCUT2D eigenvalue weighted by Gasteiger charge is -2.18. The summed E-state index contributed by atoms with van der Waals surface area (Å²) >= 11 is 0. The Bertz CT molecular complexity index is 513. The van der Waals surface area contributed by atoms with Crippen LogP contribution in [0, 0.1) is 0 Å². The molecule has 0 fully saturated rings. The third-order valence-electron chi connectivity index (χ3n) is 2.16. The number of carbonyl (C=O) groups is 1. The fourth-order valence-corrected chi connectivity index (χ4v) is 1.47. The van der Waals surface area contributed by atoms with E-state index in [4.69, 9.17) is 0 Å². The van der Waals surface area contributed by atoms with Gasteiger partial charge in [0.05, 0.1) is 0 Å². The predicted octanol–water partition coefficient (Wildman–Crippen LogP) is 2.19. The van der Waals surface area contributed by atoms with E-state index in [2.05, 4.69) is 25.1 Å². The van der Waals surface area contributed by atoms with Crippen LogP contribution in [-0.4, -0.2) is 14.3 Å².